The zero-order valence-corrected chi connectivity index (χ0v) is 27.6. The van der Waals surface area contributed by atoms with Crippen LogP contribution in [0, 0.1) is 0 Å². The summed E-state index contributed by atoms with van der Waals surface area (Å²) >= 11 is 0. The summed E-state index contributed by atoms with van der Waals surface area (Å²) < 4.78 is 0. The van der Waals surface area contributed by atoms with E-state index in [0.717, 1.165) is 22.5 Å². The molecule has 0 saturated carbocycles. The number of aromatic hydroxyl groups is 2. The minimum absolute atomic E-state index is 0. The van der Waals surface area contributed by atoms with E-state index in [-0.39, 0.29) is 28.0 Å². The molecule has 0 bridgehead atoms. The summed E-state index contributed by atoms with van der Waals surface area (Å²) in [6.45, 7) is 17.4. The Labute approximate surface area is 268 Å². The van der Waals surface area contributed by atoms with Crippen molar-refractivity contribution >= 4 is 23.8 Å². The molecule has 5 heteroatoms. The number of hydrogen-bond donors (Lipinski definition) is 2. The van der Waals surface area contributed by atoms with Crippen molar-refractivity contribution in [3.63, 3.8) is 0 Å². The van der Waals surface area contributed by atoms with Gasteiger partial charge in [0.1, 0.15) is 11.5 Å². The Balaban J connectivity index is 0.000000293. The quantitative estimate of drug-likeness (QED) is 0.152. The second kappa shape index (κ2) is 16.8. The van der Waals surface area contributed by atoms with Crippen LogP contribution in [-0.2, 0) is 16.5 Å². The molecule has 0 spiro atoms. The average Bonchev–Trinajstić information content (AvgIpc) is 2.96. The van der Waals surface area contributed by atoms with Gasteiger partial charge in [-0.15, -0.1) is 0 Å². The van der Waals surface area contributed by atoms with E-state index >= 15 is 0 Å². The maximum atomic E-state index is 9.85. The maximum Gasteiger partial charge on any atom is 0.124 e. The molecule has 0 unspecified atom stereocenters. The molecule has 0 atom stereocenters. The Bertz CT molecular complexity index is 1350. The second-order valence-corrected chi connectivity index (χ2v) is 11.8. The van der Waals surface area contributed by atoms with Crippen molar-refractivity contribution in [1.82, 2.24) is 0 Å². The van der Waals surface area contributed by atoms with Crippen LogP contribution in [0.4, 0.5) is 11.4 Å². The summed E-state index contributed by atoms with van der Waals surface area (Å²) in [5, 5.41) is 19.7. The van der Waals surface area contributed by atoms with E-state index in [9.17, 15) is 10.2 Å². The predicted octanol–water partition coefficient (Wildman–Crippen LogP) is 10.8. The zero-order chi connectivity index (χ0) is 30.8. The SMILES string of the molecule is CC(C)c1cccc(C(C)C)c1N=Cc1ccccc1O.CC(C)c1cccc(C(C)C)c1N=Cc1ccccc1O.[Ni]. The van der Waals surface area contributed by atoms with Gasteiger partial charge in [0.2, 0.25) is 0 Å². The van der Waals surface area contributed by atoms with E-state index in [1.165, 1.54) is 22.3 Å². The second-order valence-electron chi connectivity index (χ2n) is 11.8. The zero-order valence-electron chi connectivity index (χ0n) is 26.7. The summed E-state index contributed by atoms with van der Waals surface area (Å²) in [6.07, 6.45) is 3.50. The van der Waals surface area contributed by atoms with Gasteiger partial charge in [-0.25, -0.2) is 0 Å². The van der Waals surface area contributed by atoms with E-state index in [0.29, 0.717) is 23.7 Å². The van der Waals surface area contributed by atoms with Crippen molar-refractivity contribution in [1.29, 1.82) is 0 Å². The minimum atomic E-state index is 0. The molecule has 0 heterocycles. The molecule has 4 rings (SSSR count). The normalized spacial score (nSPS) is 11.4. The third kappa shape index (κ3) is 9.66. The molecule has 0 amide bonds. The molecular weight excluding hydrogens is 575 g/mol. The van der Waals surface area contributed by atoms with Crippen LogP contribution in [-0.4, -0.2) is 22.6 Å². The third-order valence-electron chi connectivity index (χ3n) is 7.22. The molecule has 0 saturated heterocycles. The first-order valence-corrected chi connectivity index (χ1v) is 14.9. The Hall–Kier alpha value is -3.69. The number of phenols is 2. The van der Waals surface area contributed by atoms with E-state index in [1.807, 2.05) is 36.4 Å². The Morgan fingerprint density at radius 2 is 0.721 bits per heavy atom. The largest absolute Gasteiger partial charge is 0.507 e. The Morgan fingerprint density at radius 3 is 0.977 bits per heavy atom. The molecule has 43 heavy (non-hydrogen) atoms. The van der Waals surface area contributed by atoms with Gasteiger partial charge in [0.05, 0.1) is 11.4 Å². The summed E-state index contributed by atoms with van der Waals surface area (Å²) in [7, 11) is 0. The van der Waals surface area contributed by atoms with E-state index in [1.54, 1.807) is 24.6 Å². The molecule has 2 N–H and O–H groups in total. The number of benzene rings is 4. The summed E-state index contributed by atoms with van der Waals surface area (Å²) in [5.74, 6) is 2.18. The Morgan fingerprint density at radius 1 is 0.442 bits per heavy atom. The van der Waals surface area contributed by atoms with Crippen LogP contribution in [0.25, 0.3) is 0 Å². The van der Waals surface area contributed by atoms with E-state index in [2.05, 4.69) is 91.8 Å². The van der Waals surface area contributed by atoms with Gasteiger partial charge >= 0.3 is 0 Å². The maximum absolute atomic E-state index is 9.85. The first-order chi connectivity index (χ1) is 20.0. The predicted molar refractivity (Wildman–Crippen MR) is 180 cm³/mol. The first-order valence-electron chi connectivity index (χ1n) is 14.9. The van der Waals surface area contributed by atoms with Crippen molar-refractivity contribution < 1.29 is 26.7 Å². The van der Waals surface area contributed by atoms with Gasteiger partial charge in [-0.1, -0.05) is 116 Å². The van der Waals surface area contributed by atoms with Gasteiger partial charge in [0.25, 0.3) is 0 Å². The Kier molecular flexibility index (Phi) is 13.9. The van der Waals surface area contributed by atoms with Crippen molar-refractivity contribution in [3.8, 4) is 11.5 Å². The van der Waals surface area contributed by atoms with E-state index < -0.39 is 0 Å². The molecule has 0 radical (unpaired) electrons. The van der Waals surface area contributed by atoms with Crippen LogP contribution in [0.2, 0.25) is 0 Å². The fourth-order valence-corrected chi connectivity index (χ4v) is 4.78. The molecular formula is C38H46N2NiO2. The number of nitrogens with zero attached hydrogens (tertiary/aromatic N) is 2. The molecule has 0 aliphatic carbocycles. The number of aliphatic imine (C=N–C) groups is 2. The molecule has 0 aliphatic rings. The monoisotopic (exact) mass is 620 g/mol. The van der Waals surface area contributed by atoms with Crippen molar-refractivity contribution in [2.24, 2.45) is 9.98 Å². The molecule has 0 aliphatic heterocycles. The van der Waals surface area contributed by atoms with Crippen molar-refractivity contribution in [2.45, 2.75) is 79.1 Å². The van der Waals surface area contributed by atoms with Gasteiger partial charge in [-0.3, -0.25) is 9.98 Å². The third-order valence-corrected chi connectivity index (χ3v) is 7.22. The van der Waals surface area contributed by atoms with Crippen molar-refractivity contribution in [2.75, 3.05) is 0 Å². The van der Waals surface area contributed by atoms with Gasteiger partial charge in [-0.2, -0.15) is 0 Å². The average molecular weight is 621 g/mol. The van der Waals surface area contributed by atoms with Gasteiger partial charge in [-0.05, 0) is 70.2 Å². The van der Waals surface area contributed by atoms with Crippen LogP contribution in [0.5, 0.6) is 11.5 Å². The number of phenolic OH excluding ortho intramolecular Hbond substituents is 2. The summed E-state index contributed by atoms with van der Waals surface area (Å²) in [6, 6.07) is 27.3. The topological polar surface area (TPSA) is 65.2 Å². The molecule has 230 valence electrons. The molecule has 4 nitrogen and oxygen atoms in total. The molecule has 4 aromatic carbocycles. The minimum Gasteiger partial charge on any atom is -0.507 e. The fourth-order valence-electron chi connectivity index (χ4n) is 4.78. The number of hydrogen-bond acceptors (Lipinski definition) is 4. The van der Waals surface area contributed by atoms with Gasteiger partial charge in [0, 0.05) is 40.0 Å². The van der Waals surface area contributed by atoms with Crippen LogP contribution < -0.4 is 0 Å². The number of rotatable bonds is 8. The van der Waals surface area contributed by atoms with Crippen LogP contribution in [0.15, 0.2) is 94.9 Å². The van der Waals surface area contributed by atoms with Crippen LogP contribution in [0.3, 0.4) is 0 Å². The molecule has 0 fully saturated rings. The van der Waals surface area contributed by atoms with Crippen LogP contribution >= 0.6 is 0 Å². The smallest absolute Gasteiger partial charge is 0.124 e. The summed E-state index contributed by atoms with van der Waals surface area (Å²) in [4.78, 5) is 9.39. The molecule has 0 aromatic heterocycles. The van der Waals surface area contributed by atoms with Gasteiger partial charge in [0.15, 0.2) is 0 Å². The standard InChI is InChI=1S/2C19H23NO.Ni/c2*1-13(2)16-9-7-10-17(14(3)4)19(16)20-12-15-8-5-6-11-18(15)21;/h2*5-14,21H,1-4H3;. The van der Waals surface area contributed by atoms with Gasteiger partial charge < -0.3 is 10.2 Å². The number of para-hydroxylation sites is 4. The molecule has 4 aromatic rings. The summed E-state index contributed by atoms with van der Waals surface area (Å²) in [5.41, 5.74) is 8.52. The van der Waals surface area contributed by atoms with Crippen LogP contribution in [0.1, 0.15) is 112 Å². The first kappa shape index (κ1) is 35.5. The fraction of sp³-hybridized carbons (Fsp3) is 0.316. The van der Waals surface area contributed by atoms with Crippen molar-refractivity contribution in [3.05, 3.63) is 118 Å². The van der Waals surface area contributed by atoms with E-state index in [4.69, 9.17) is 9.98 Å².